The summed E-state index contributed by atoms with van der Waals surface area (Å²) in [6.45, 7) is 0.311. The van der Waals surface area contributed by atoms with Crippen LogP contribution in [0.25, 0.3) is 10.8 Å². The van der Waals surface area contributed by atoms with Gasteiger partial charge in [0.1, 0.15) is 11.6 Å². The predicted octanol–water partition coefficient (Wildman–Crippen LogP) is 1.26. The van der Waals surface area contributed by atoms with Crippen LogP contribution in [0.15, 0.2) is 30.3 Å². The highest BCUT2D eigenvalue weighted by Crippen LogP contribution is 2.27. The zero-order valence-corrected chi connectivity index (χ0v) is 10.1. The number of benzene rings is 1. The van der Waals surface area contributed by atoms with Gasteiger partial charge in [-0.1, -0.05) is 24.3 Å². The topological polar surface area (TPSA) is 88.3 Å². The summed E-state index contributed by atoms with van der Waals surface area (Å²) in [7, 11) is 0. The van der Waals surface area contributed by atoms with Crippen LogP contribution in [0.1, 0.15) is 6.42 Å². The molecule has 0 aliphatic carbocycles. The summed E-state index contributed by atoms with van der Waals surface area (Å²) >= 11 is 0. The van der Waals surface area contributed by atoms with Gasteiger partial charge in [-0.05, 0) is 11.5 Å². The van der Waals surface area contributed by atoms with Crippen molar-refractivity contribution in [2.45, 2.75) is 6.42 Å². The van der Waals surface area contributed by atoms with Crippen LogP contribution in [-0.4, -0.2) is 23.5 Å². The van der Waals surface area contributed by atoms with E-state index in [2.05, 4.69) is 10.3 Å². The van der Waals surface area contributed by atoms with Crippen LogP contribution >= 0.6 is 0 Å². The molecule has 1 fully saturated rings. The standard InChI is InChI=1S/C13H12N4O2/c14-10-7-8-3-1-2-4-9(8)12(15-10)17-6-5-11(18)16-13(17)19/h1-4,7H,5-6H2,(H2,14,15)(H,16,18,19). The molecule has 0 spiro atoms. The molecule has 96 valence electrons. The van der Waals surface area contributed by atoms with E-state index in [1.54, 1.807) is 6.07 Å². The Labute approximate surface area is 109 Å². The van der Waals surface area contributed by atoms with Crippen LogP contribution in [0, 0.1) is 0 Å². The summed E-state index contributed by atoms with van der Waals surface area (Å²) in [4.78, 5) is 28.7. The van der Waals surface area contributed by atoms with Gasteiger partial charge in [-0.25, -0.2) is 9.78 Å². The zero-order valence-electron chi connectivity index (χ0n) is 10.1. The fraction of sp³-hybridized carbons (Fsp3) is 0.154. The third kappa shape index (κ3) is 1.97. The Bertz CT molecular complexity index is 683. The molecule has 0 saturated carbocycles. The van der Waals surface area contributed by atoms with Crippen molar-refractivity contribution in [3.8, 4) is 0 Å². The first-order chi connectivity index (χ1) is 9.15. The van der Waals surface area contributed by atoms with Crippen LogP contribution in [0.4, 0.5) is 16.4 Å². The molecule has 1 aromatic carbocycles. The summed E-state index contributed by atoms with van der Waals surface area (Å²) in [6, 6.07) is 8.85. The summed E-state index contributed by atoms with van der Waals surface area (Å²) < 4.78 is 0. The molecule has 1 aliphatic rings. The highest BCUT2D eigenvalue weighted by atomic mass is 16.2. The molecular weight excluding hydrogens is 244 g/mol. The highest BCUT2D eigenvalue weighted by Gasteiger charge is 2.26. The minimum atomic E-state index is -0.459. The van der Waals surface area contributed by atoms with Gasteiger partial charge in [0.15, 0.2) is 0 Å². The smallest absolute Gasteiger partial charge is 0.329 e. The molecule has 6 heteroatoms. The van der Waals surface area contributed by atoms with Gasteiger partial charge < -0.3 is 5.73 Å². The van der Waals surface area contributed by atoms with Crippen molar-refractivity contribution in [3.05, 3.63) is 30.3 Å². The summed E-state index contributed by atoms with van der Waals surface area (Å²) in [5.41, 5.74) is 5.77. The summed E-state index contributed by atoms with van der Waals surface area (Å²) in [5, 5.41) is 4.03. The van der Waals surface area contributed by atoms with E-state index >= 15 is 0 Å². The van der Waals surface area contributed by atoms with Crippen molar-refractivity contribution < 1.29 is 9.59 Å². The first-order valence-corrected chi connectivity index (χ1v) is 5.92. The lowest BCUT2D eigenvalue weighted by Gasteiger charge is -2.26. The molecule has 0 unspecified atom stereocenters. The van der Waals surface area contributed by atoms with Gasteiger partial charge in [0, 0.05) is 18.4 Å². The number of amides is 3. The lowest BCUT2D eigenvalue weighted by atomic mass is 10.1. The van der Waals surface area contributed by atoms with E-state index in [1.165, 1.54) is 4.90 Å². The minimum Gasteiger partial charge on any atom is -0.384 e. The number of carbonyl (C=O) groups excluding carboxylic acids is 2. The van der Waals surface area contributed by atoms with E-state index in [9.17, 15) is 9.59 Å². The van der Waals surface area contributed by atoms with E-state index in [0.717, 1.165) is 10.8 Å². The maximum atomic E-state index is 11.9. The maximum absolute atomic E-state index is 11.9. The molecule has 1 aromatic heterocycles. The maximum Gasteiger partial charge on any atom is 0.329 e. The molecule has 0 atom stereocenters. The van der Waals surface area contributed by atoms with Crippen molar-refractivity contribution in [1.29, 1.82) is 0 Å². The number of fused-ring (bicyclic) bond motifs is 1. The van der Waals surface area contributed by atoms with Gasteiger partial charge in [-0.3, -0.25) is 15.0 Å². The number of nitrogens with zero attached hydrogens (tertiary/aromatic N) is 2. The molecule has 0 bridgehead atoms. The fourth-order valence-corrected chi connectivity index (χ4v) is 2.17. The second-order valence-electron chi connectivity index (χ2n) is 4.35. The van der Waals surface area contributed by atoms with Crippen molar-refractivity contribution in [1.82, 2.24) is 10.3 Å². The van der Waals surface area contributed by atoms with Crippen molar-refractivity contribution >= 4 is 34.3 Å². The number of hydrogen-bond donors (Lipinski definition) is 2. The molecule has 2 heterocycles. The van der Waals surface area contributed by atoms with Crippen LogP contribution in [0.5, 0.6) is 0 Å². The molecule has 2 aromatic rings. The summed E-state index contributed by atoms with van der Waals surface area (Å²) in [6.07, 6.45) is 0.260. The number of urea groups is 1. The molecule has 3 amide bonds. The van der Waals surface area contributed by atoms with Crippen molar-refractivity contribution in [3.63, 3.8) is 0 Å². The number of nitrogens with one attached hydrogen (secondary N) is 1. The Kier molecular flexibility index (Phi) is 2.56. The number of pyridine rings is 1. The Morgan fingerprint density at radius 1 is 1.26 bits per heavy atom. The lowest BCUT2D eigenvalue weighted by molar-refractivity contribution is -0.120. The number of carbonyl (C=O) groups is 2. The van der Waals surface area contributed by atoms with E-state index in [1.807, 2.05) is 24.3 Å². The molecule has 1 aliphatic heterocycles. The summed E-state index contributed by atoms with van der Waals surface area (Å²) in [5.74, 6) is 0.563. The molecule has 0 radical (unpaired) electrons. The first kappa shape index (κ1) is 11.5. The monoisotopic (exact) mass is 256 g/mol. The van der Waals surface area contributed by atoms with Gasteiger partial charge in [0.25, 0.3) is 0 Å². The molecule has 19 heavy (non-hydrogen) atoms. The normalized spacial score (nSPS) is 15.7. The average Bonchev–Trinajstić information content (AvgIpc) is 2.38. The number of aromatic nitrogens is 1. The van der Waals surface area contributed by atoms with Gasteiger partial charge in [0.05, 0.1) is 0 Å². The van der Waals surface area contributed by atoms with Crippen LogP contribution in [0.3, 0.4) is 0 Å². The van der Waals surface area contributed by atoms with Crippen LogP contribution in [-0.2, 0) is 4.79 Å². The predicted molar refractivity (Wildman–Crippen MR) is 71.7 cm³/mol. The Balaban J connectivity index is 2.14. The van der Waals surface area contributed by atoms with E-state index in [0.29, 0.717) is 18.2 Å². The fourth-order valence-electron chi connectivity index (χ4n) is 2.17. The number of anilines is 2. The van der Waals surface area contributed by atoms with Crippen molar-refractivity contribution in [2.75, 3.05) is 17.2 Å². The number of nitrogens with two attached hydrogens (primary N) is 1. The van der Waals surface area contributed by atoms with Gasteiger partial charge >= 0.3 is 6.03 Å². The largest absolute Gasteiger partial charge is 0.384 e. The Hall–Kier alpha value is -2.63. The van der Waals surface area contributed by atoms with Gasteiger partial charge in [-0.15, -0.1) is 0 Å². The molecule has 1 saturated heterocycles. The van der Waals surface area contributed by atoms with E-state index < -0.39 is 6.03 Å². The average molecular weight is 256 g/mol. The van der Waals surface area contributed by atoms with Crippen LogP contribution < -0.4 is 16.0 Å². The lowest BCUT2D eigenvalue weighted by Crippen LogP contribution is -2.50. The first-order valence-electron chi connectivity index (χ1n) is 5.92. The molecule has 6 nitrogen and oxygen atoms in total. The minimum absolute atomic E-state index is 0.260. The molecule has 3 rings (SSSR count). The Morgan fingerprint density at radius 3 is 2.84 bits per heavy atom. The third-order valence-electron chi connectivity index (χ3n) is 3.05. The SMILES string of the molecule is Nc1cc2ccccc2c(N2CCC(=O)NC2=O)n1. The second kappa shape index (κ2) is 4.24. The van der Waals surface area contributed by atoms with Crippen molar-refractivity contribution in [2.24, 2.45) is 0 Å². The number of imide groups is 1. The Morgan fingerprint density at radius 2 is 2.05 bits per heavy atom. The third-order valence-corrected chi connectivity index (χ3v) is 3.05. The quantitative estimate of drug-likeness (QED) is 0.804. The van der Waals surface area contributed by atoms with Gasteiger partial charge in [0.2, 0.25) is 5.91 Å². The molecular formula is C13H12N4O2. The zero-order chi connectivity index (χ0) is 13.4. The van der Waals surface area contributed by atoms with E-state index in [-0.39, 0.29) is 12.3 Å². The van der Waals surface area contributed by atoms with Crippen LogP contribution in [0.2, 0.25) is 0 Å². The molecule has 3 N–H and O–H groups in total. The number of rotatable bonds is 1. The number of nitrogen functional groups attached to an aromatic ring is 1. The van der Waals surface area contributed by atoms with Gasteiger partial charge in [-0.2, -0.15) is 0 Å². The number of hydrogen-bond acceptors (Lipinski definition) is 4. The highest BCUT2D eigenvalue weighted by molar-refractivity contribution is 6.09. The second-order valence-corrected chi connectivity index (χ2v) is 4.35. The van der Waals surface area contributed by atoms with E-state index in [4.69, 9.17) is 5.73 Å².